The monoisotopic (exact) mass is 272 g/mol. The maximum atomic E-state index is 12.8. The van der Waals surface area contributed by atoms with Crippen molar-refractivity contribution in [1.82, 2.24) is 0 Å². The molecule has 5 heteroatoms. The van der Waals surface area contributed by atoms with E-state index in [-0.39, 0.29) is 11.6 Å². The second kappa shape index (κ2) is 5.05. The van der Waals surface area contributed by atoms with Crippen molar-refractivity contribution in [2.75, 3.05) is 0 Å². The van der Waals surface area contributed by atoms with Gasteiger partial charge in [0.1, 0.15) is 11.6 Å². The van der Waals surface area contributed by atoms with Gasteiger partial charge in [-0.25, -0.2) is 4.39 Å². The number of ether oxygens (including phenoxy) is 1. The predicted molar refractivity (Wildman–Crippen MR) is 68.3 cm³/mol. The van der Waals surface area contributed by atoms with Crippen molar-refractivity contribution in [2.45, 2.75) is 0 Å². The van der Waals surface area contributed by atoms with Crippen LogP contribution in [0.4, 0.5) is 4.39 Å². The molecule has 0 saturated heterocycles. The molecule has 0 atom stereocenters. The quantitative estimate of drug-likeness (QED) is 0.665. The van der Waals surface area contributed by atoms with Gasteiger partial charge in [0.25, 0.3) is 0 Å². The van der Waals surface area contributed by atoms with Crippen molar-refractivity contribution >= 4 is 6.29 Å². The van der Waals surface area contributed by atoms with Crippen molar-refractivity contribution in [2.24, 2.45) is 0 Å². The molecule has 0 saturated carbocycles. The summed E-state index contributed by atoms with van der Waals surface area (Å²) in [4.78, 5) is 10.6. The molecule has 1 aromatic carbocycles. The molecule has 3 aromatic rings. The van der Waals surface area contributed by atoms with Crippen LogP contribution in [0.3, 0.4) is 0 Å². The third-order valence-electron chi connectivity index (χ3n) is 2.64. The number of aldehydes is 1. The number of rotatable bonds is 4. The van der Waals surface area contributed by atoms with E-state index < -0.39 is 0 Å². The molecule has 4 nitrogen and oxygen atoms in total. The van der Waals surface area contributed by atoms with Crippen LogP contribution in [0, 0.1) is 5.82 Å². The molecular weight excluding hydrogens is 263 g/mol. The summed E-state index contributed by atoms with van der Waals surface area (Å²) in [6.07, 6.45) is 2.05. The fraction of sp³-hybridized carbons (Fsp3) is 0. The Bertz CT molecular complexity index is 724. The fourth-order valence-corrected chi connectivity index (χ4v) is 1.73. The van der Waals surface area contributed by atoms with Crippen LogP contribution >= 0.6 is 0 Å². The lowest BCUT2D eigenvalue weighted by Crippen LogP contribution is -1.84. The van der Waals surface area contributed by atoms with E-state index in [2.05, 4.69) is 0 Å². The number of carbonyl (C=O) groups excluding carboxylic acids is 1. The highest BCUT2D eigenvalue weighted by Crippen LogP contribution is 2.35. The summed E-state index contributed by atoms with van der Waals surface area (Å²) in [6.45, 7) is 0. The average Bonchev–Trinajstić information content (AvgIpc) is 3.09. The van der Waals surface area contributed by atoms with Gasteiger partial charge in [-0.05, 0) is 36.4 Å². The summed E-state index contributed by atoms with van der Waals surface area (Å²) in [6, 6.07) is 10.4. The molecule has 100 valence electrons. The highest BCUT2D eigenvalue weighted by Gasteiger charge is 2.15. The number of benzene rings is 1. The summed E-state index contributed by atoms with van der Waals surface area (Å²) in [5.41, 5.74) is 0. The van der Waals surface area contributed by atoms with Crippen LogP contribution in [-0.4, -0.2) is 6.29 Å². The van der Waals surface area contributed by atoms with Crippen molar-refractivity contribution < 1.29 is 22.8 Å². The maximum Gasteiger partial charge on any atom is 0.211 e. The molecular formula is C15H9FO4. The summed E-state index contributed by atoms with van der Waals surface area (Å²) >= 11 is 0. The standard InChI is InChI=1S/C15H9FO4/c16-10-1-3-11(4-2-10)19-14-7-8-18-15(14)13-6-5-12(9-17)20-13/h1-9H. The zero-order valence-corrected chi connectivity index (χ0v) is 10.2. The van der Waals surface area contributed by atoms with E-state index in [0.717, 1.165) is 0 Å². The highest BCUT2D eigenvalue weighted by atomic mass is 19.1. The first-order valence-electron chi connectivity index (χ1n) is 5.82. The number of furan rings is 2. The molecule has 2 heterocycles. The molecule has 0 bridgehead atoms. The minimum Gasteiger partial charge on any atom is -0.457 e. The van der Waals surface area contributed by atoms with Crippen LogP contribution in [0.15, 0.2) is 57.6 Å². The van der Waals surface area contributed by atoms with Gasteiger partial charge in [0.2, 0.25) is 5.76 Å². The Morgan fingerprint density at radius 1 is 1.05 bits per heavy atom. The number of hydrogen-bond acceptors (Lipinski definition) is 4. The first-order chi connectivity index (χ1) is 9.76. The van der Waals surface area contributed by atoms with E-state index in [0.29, 0.717) is 29.3 Å². The Morgan fingerprint density at radius 2 is 1.85 bits per heavy atom. The van der Waals surface area contributed by atoms with E-state index in [1.807, 2.05) is 0 Å². The van der Waals surface area contributed by atoms with Gasteiger partial charge in [0.15, 0.2) is 23.6 Å². The SMILES string of the molecule is O=Cc1ccc(-c2occc2Oc2ccc(F)cc2)o1. The lowest BCUT2D eigenvalue weighted by Gasteiger charge is -2.04. The highest BCUT2D eigenvalue weighted by molar-refractivity contribution is 5.73. The topological polar surface area (TPSA) is 52.6 Å². The molecule has 0 fully saturated rings. The molecule has 0 radical (unpaired) electrons. The average molecular weight is 272 g/mol. The molecule has 20 heavy (non-hydrogen) atoms. The van der Waals surface area contributed by atoms with Crippen LogP contribution < -0.4 is 4.74 Å². The minimum absolute atomic E-state index is 0.198. The van der Waals surface area contributed by atoms with Crippen molar-refractivity contribution in [1.29, 1.82) is 0 Å². The smallest absolute Gasteiger partial charge is 0.211 e. The van der Waals surface area contributed by atoms with Crippen LogP contribution in [0.25, 0.3) is 11.5 Å². The van der Waals surface area contributed by atoms with Crippen LogP contribution in [0.1, 0.15) is 10.6 Å². The second-order valence-corrected chi connectivity index (χ2v) is 3.99. The first kappa shape index (κ1) is 12.2. The molecule has 0 N–H and O–H groups in total. The van der Waals surface area contributed by atoms with Gasteiger partial charge in [0.05, 0.1) is 6.26 Å². The summed E-state index contributed by atoms with van der Waals surface area (Å²) in [5, 5.41) is 0. The lowest BCUT2D eigenvalue weighted by atomic mass is 10.3. The van der Waals surface area contributed by atoms with Gasteiger partial charge in [-0.2, -0.15) is 0 Å². The largest absolute Gasteiger partial charge is 0.457 e. The van der Waals surface area contributed by atoms with Gasteiger partial charge >= 0.3 is 0 Å². The molecule has 0 spiro atoms. The van der Waals surface area contributed by atoms with Crippen LogP contribution in [0.5, 0.6) is 11.5 Å². The van der Waals surface area contributed by atoms with Crippen LogP contribution in [0.2, 0.25) is 0 Å². The number of carbonyl (C=O) groups is 1. The molecule has 0 amide bonds. The van der Waals surface area contributed by atoms with Crippen molar-refractivity contribution in [3.05, 3.63) is 60.3 Å². The second-order valence-electron chi connectivity index (χ2n) is 3.99. The zero-order chi connectivity index (χ0) is 13.9. The van der Waals surface area contributed by atoms with E-state index >= 15 is 0 Å². The molecule has 3 rings (SSSR count). The Hall–Kier alpha value is -2.82. The number of halogens is 1. The minimum atomic E-state index is -0.341. The molecule has 0 aliphatic rings. The van der Waals surface area contributed by atoms with Gasteiger partial charge in [-0.15, -0.1) is 0 Å². The maximum absolute atomic E-state index is 12.8. The van der Waals surface area contributed by atoms with Gasteiger partial charge in [-0.1, -0.05) is 0 Å². The third kappa shape index (κ3) is 2.33. The Kier molecular flexibility index (Phi) is 3.09. The van der Waals surface area contributed by atoms with Gasteiger partial charge < -0.3 is 13.6 Å². The van der Waals surface area contributed by atoms with Gasteiger partial charge in [-0.3, -0.25) is 4.79 Å². The van der Waals surface area contributed by atoms with Gasteiger partial charge in [0, 0.05) is 6.07 Å². The lowest BCUT2D eigenvalue weighted by molar-refractivity contribution is 0.110. The Morgan fingerprint density at radius 3 is 2.55 bits per heavy atom. The molecule has 0 unspecified atom stereocenters. The summed E-state index contributed by atoms with van der Waals surface area (Å²) < 4.78 is 29.0. The molecule has 2 aromatic heterocycles. The third-order valence-corrected chi connectivity index (χ3v) is 2.64. The fourth-order valence-electron chi connectivity index (χ4n) is 1.73. The predicted octanol–water partition coefficient (Wildman–Crippen LogP) is 4.28. The summed E-state index contributed by atoms with van der Waals surface area (Å²) in [7, 11) is 0. The Labute approximate surface area is 113 Å². The summed E-state index contributed by atoms with van der Waals surface area (Å²) in [5.74, 6) is 1.49. The van der Waals surface area contributed by atoms with E-state index in [1.165, 1.54) is 36.6 Å². The Balaban J connectivity index is 1.90. The van der Waals surface area contributed by atoms with Crippen molar-refractivity contribution in [3.63, 3.8) is 0 Å². The normalized spacial score (nSPS) is 10.4. The molecule has 0 aliphatic carbocycles. The molecule has 0 aliphatic heterocycles. The van der Waals surface area contributed by atoms with Crippen molar-refractivity contribution in [3.8, 4) is 23.0 Å². The first-order valence-corrected chi connectivity index (χ1v) is 5.82. The van der Waals surface area contributed by atoms with E-state index in [4.69, 9.17) is 13.6 Å². The van der Waals surface area contributed by atoms with E-state index in [1.54, 1.807) is 12.1 Å². The van der Waals surface area contributed by atoms with Crippen LogP contribution in [-0.2, 0) is 0 Å². The van der Waals surface area contributed by atoms with E-state index in [9.17, 15) is 9.18 Å². The number of hydrogen-bond donors (Lipinski definition) is 0. The zero-order valence-electron chi connectivity index (χ0n) is 10.2.